The van der Waals surface area contributed by atoms with Crippen LogP contribution in [0.3, 0.4) is 0 Å². The number of hydrogen-bond acceptors (Lipinski definition) is 4. The Bertz CT molecular complexity index is 1090. The highest BCUT2D eigenvalue weighted by Crippen LogP contribution is 2.20. The summed E-state index contributed by atoms with van der Waals surface area (Å²) in [6, 6.07) is 22.5. The number of rotatable bonds is 9. The molecule has 0 bridgehead atoms. The van der Waals surface area contributed by atoms with Gasteiger partial charge in [0, 0.05) is 37.2 Å². The average molecular weight is 479 g/mol. The fraction of sp³-hybridized carbons (Fsp3) is 0.393. The zero-order valence-corrected chi connectivity index (χ0v) is 20.5. The maximum atomic E-state index is 13.1. The van der Waals surface area contributed by atoms with Crippen molar-refractivity contribution in [2.75, 3.05) is 32.7 Å². The standard InChI is InChI=1S/C28H35ClN4O/c29-25-11-8-21(9-12-25)19-27(31)28(34)33-17-16-32(26(20-33)6-3-14-30)15-13-22-7-10-23-4-1-2-5-24(23)18-22/h1-2,4-5,7-12,18,26-27H,3,6,13-17,19-20,30-31H2/t26-,27-/m1/s1. The summed E-state index contributed by atoms with van der Waals surface area (Å²) < 4.78 is 0. The predicted octanol–water partition coefficient (Wildman–Crippen LogP) is 3.86. The molecule has 0 radical (unpaired) electrons. The molecule has 0 saturated carbocycles. The molecular formula is C28H35ClN4O. The van der Waals surface area contributed by atoms with Gasteiger partial charge < -0.3 is 16.4 Å². The smallest absolute Gasteiger partial charge is 0.239 e. The van der Waals surface area contributed by atoms with Gasteiger partial charge in [0.25, 0.3) is 0 Å². The van der Waals surface area contributed by atoms with E-state index < -0.39 is 6.04 Å². The first-order valence-electron chi connectivity index (χ1n) is 12.2. The lowest BCUT2D eigenvalue weighted by molar-refractivity contribution is -0.135. The molecule has 1 heterocycles. The number of hydrogen-bond donors (Lipinski definition) is 2. The maximum absolute atomic E-state index is 13.1. The van der Waals surface area contributed by atoms with E-state index in [1.807, 2.05) is 29.2 Å². The van der Waals surface area contributed by atoms with Crippen molar-refractivity contribution in [2.45, 2.75) is 37.8 Å². The van der Waals surface area contributed by atoms with Gasteiger partial charge in [-0.15, -0.1) is 0 Å². The first-order chi connectivity index (χ1) is 16.5. The summed E-state index contributed by atoms with van der Waals surface area (Å²) in [5.41, 5.74) is 14.5. The van der Waals surface area contributed by atoms with Gasteiger partial charge in [0.15, 0.2) is 0 Å². The Labute approximate surface area is 207 Å². The van der Waals surface area contributed by atoms with Crippen LogP contribution in [0, 0.1) is 0 Å². The Hall–Kier alpha value is -2.44. The van der Waals surface area contributed by atoms with E-state index in [4.69, 9.17) is 23.1 Å². The van der Waals surface area contributed by atoms with E-state index in [0.29, 0.717) is 37.1 Å². The summed E-state index contributed by atoms with van der Waals surface area (Å²) in [6.45, 7) is 3.93. The van der Waals surface area contributed by atoms with Crippen LogP contribution in [0.2, 0.25) is 5.02 Å². The molecule has 0 aliphatic carbocycles. The van der Waals surface area contributed by atoms with E-state index in [-0.39, 0.29) is 5.91 Å². The van der Waals surface area contributed by atoms with Crippen molar-refractivity contribution in [3.05, 3.63) is 82.9 Å². The van der Waals surface area contributed by atoms with Crippen LogP contribution in [-0.2, 0) is 17.6 Å². The van der Waals surface area contributed by atoms with E-state index in [1.54, 1.807) is 0 Å². The first-order valence-corrected chi connectivity index (χ1v) is 12.6. The largest absolute Gasteiger partial charge is 0.338 e. The molecule has 1 fully saturated rings. The number of carbonyl (C=O) groups is 1. The van der Waals surface area contributed by atoms with Gasteiger partial charge >= 0.3 is 0 Å². The van der Waals surface area contributed by atoms with Crippen molar-refractivity contribution in [3.63, 3.8) is 0 Å². The van der Waals surface area contributed by atoms with Crippen molar-refractivity contribution in [2.24, 2.45) is 11.5 Å². The van der Waals surface area contributed by atoms with E-state index in [2.05, 4.69) is 47.4 Å². The Morgan fingerprint density at radius 1 is 1.00 bits per heavy atom. The second kappa shape index (κ2) is 11.8. The van der Waals surface area contributed by atoms with Gasteiger partial charge in [-0.3, -0.25) is 9.69 Å². The minimum Gasteiger partial charge on any atom is -0.338 e. The second-order valence-electron chi connectivity index (χ2n) is 9.27. The van der Waals surface area contributed by atoms with Crippen LogP contribution >= 0.6 is 11.6 Å². The molecule has 6 heteroatoms. The first kappa shape index (κ1) is 24.7. The van der Waals surface area contributed by atoms with Crippen molar-refractivity contribution in [3.8, 4) is 0 Å². The van der Waals surface area contributed by atoms with Crippen molar-refractivity contribution in [1.82, 2.24) is 9.80 Å². The number of fused-ring (bicyclic) bond motifs is 1. The van der Waals surface area contributed by atoms with Crippen LogP contribution in [0.5, 0.6) is 0 Å². The number of halogens is 1. The number of nitrogens with two attached hydrogens (primary N) is 2. The minimum absolute atomic E-state index is 0.0295. The highest BCUT2D eigenvalue weighted by atomic mass is 35.5. The molecule has 3 aromatic rings. The van der Waals surface area contributed by atoms with Crippen molar-refractivity contribution in [1.29, 1.82) is 0 Å². The lowest BCUT2D eigenvalue weighted by Gasteiger charge is -2.42. The molecule has 4 rings (SSSR count). The number of amides is 1. The molecule has 4 N–H and O–H groups in total. The minimum atomic E-state index is -0.541. The molecule has 1 aliphatic rings. The lowest BCUT2D eigenvalue weighted by Crippen LogP contribution is -2.58. The zero-order valence-electron chi connectivity index (χ0n) is 19.7. The quantitative estimate of drug-likeness (QED) is 0.489. The van der Waals surface area contributed by atoms with Gasteiger partial charge in [-0.1, -0.05) is 66.2 Å². The Morgan fingerprint density at radius 2 is 1.74 bits per heavy atom. The van der Waals surface area contributed by atoms with Gasteiger partial charge in [0.2, 0.25) is 5.91 Å². The van der Waals surface area contributed by atoms with Gasteiger partial charge in [-0.25, -0.2) is 0 Å². The summed E-state index contributed by atoms with van der Waals surface area (Å²) in [4.78, 5) is 17.6. The number of benzene rings is 3. The Morgan fingerprint density at radius 3 is 2.50 bits per heavy atom. The summed E-state index contributed by atoms with van der Waals surface area (Å²) in [7, 11) is 0. The molecule has 0 spiro atoms. The summed E-state index contributed by atoms with van der Waals surface area (Å²) in [5.74, 6) is 0.0295. The second-order valence-corrected chi connectivity index (χ2v) is 9.71. The van der Waals surface area contributed by atoms with Crippen molar-refractivity contribution < 1.29 is 4.79 Å². The normalized spacial score (nSPS) is 17.7. The van der Waals surface area contributed by atoms with Crippen LogP contribution < -0.4 is 11.5 Å². The van der Waals surface area contributed by atoms with Crippen LogP contribution in [-0.4, -0.2) is 60.5 Å². The highest BCUT2D eigenvalue weighted by Gasteiger charge is 2.31. The van der Waals surface area contributed by atoms with E-state index in [9.17, 15) is 4.79 Å². The number of carbonyl (C=O) groups excluding carboxylic acids is 1. The monoisotopic (exact) mass is 478 g/mol. The molecule has 1 saturated heterocycles. The molecule has 1 aliphatic heterocycles. The van der Waals surface area contributed by atoms with Gasteiger partial charge in [-0.2, -0.15) is 0 Å². The summed E-state index contributed by atoms with van der Waals surface area (Å²) in [6.07, 6.45) is 3.46. The van der Waals surface area contributed by atoms with E-state index in [0.717, 1.165) is 37.9 Å². The van der Waals surface area contributed by atoms with Gasteiger partial charge in [0.05, 0.1) is 6.04 Å². The zero-order chi connectivity index (χ0) is 23.9. The third-order valence-electron chi connectivity index (χ3n) is 6.85. The van der Waals surface area contributed by atoms with Crippen molar-refractivity contribution >= 4 is 28.3 Å². The van der Waals surface area contributed by atoms with Crippen LogP contribution in [0.25, 0.3) is 10.8 Å². The molecule has 3 aromatic carbocycles. The van der Waals surface area contributed by atoms with Crippen LogP contribution in [0.4, 0.5) is 0 Å². The molecule has 0 aromatic heterocycles. The maximum Gasteiger partial charge on any atom is 0.239 e. The summed E-state index contributed by atoms with van der Waals surface area (Å²) >= 11 is 5.97. The van der Waals surface area contributed by atoms with Gasteiger partial charge in [0.1, 0.15) is 0 Å². The third-order valence-corrected chi connectivity index (χ3v) is 7.10. The average Bonchev–Trinajstić information content (AvgIpc) is 2.87. The molecule has 2 atom stereocenters. The molecule has 0 unspecified atom stereocenters. The van der Waals surface area contributed by atoms with Gasteiger partial charge in [-0.05, 0) is 66.3 Å². The van der Waals surface area contributed by atoms with Crippen LogP contribution in [0.15, 0.2) is 66.7 Å². The van der Waals surface area contributed by atoms with E-state index in [1.165, 1.54) is 16.3 Å². The van der Waals surface area contributed by atoms with E-state index >= 15 is 0 Å². The molecular weight excluding hydrogens is 444 g/mol. The molecule has 5 nitrogen and oxygen atoms in total. The SMILES string of the molecule is NCCC[C@@H]1CN(C(=O)[C@H](N)Cc2ccc(Cl)cc2)CCN1CCc1ccc2ccccc2c1. The highest BCUT2D eigenvalue weighted by molar-refractivity contribution is 6.30. The third kappa shape index (κ3) is 6.36. The topological polar surface area (TPSA) is 75.6 Å². The van der Waals surface area contributed by atoms with Crippen LogP contribution in [0.1, 0.15) is 24.0 Å². The molecule has 34 heavy (non-hydrogen) atoms. The fourth-order valence-corrected chi connectivity index (χ4v) is 5.00. The summed E-state index contributed by atoms with van der Waals surface area (Å²) in [5, 5.41) is 3.24. The Balaban J connectivity index is 1.36. The number of piperazine rings is 1. The fourth-order valence-electron chi connectivity index (χ4n) is 4.88. The molecule has 180 valence electrons. The number of nitrogens with zero attached hydrogens (tertiary/aromatic N) is 2. The predicted molar refractivity (Wildman–Crippen MR) is 141 cm³/mol. The lowest BCUT2D eigenvalue weighted by atomic mass is 10.0. The molecule has 1 amide bonds. The Kier molecular flexibility index (Phi) is 8.57.